The van der Waals surface area contributed by atoms with Gasteiger partial charge in [-0.25, -0.2) is 0 Å². The summed E-state index contributed by atoms with van der Waals surface area (Å²) in [6.07, 6.45) is 5.47. The Labute approximate surface area is 98.0 Å². The van der Waals surface area contributed by atoms with E-state index in [0.717, 1.165) is 25.7 Å². The predicted octanol–water partition coefficient (Wildman–Crippen LogP) is 1.38. The van der Waals surface area contributed by atoms with Gasteiger partial charge in [-0.3, -0.25) is 9.59 Å². The average molecular weight is 228 g/mol. The molecule has 0 fully saturated rings. The SMILES string of the molecule is CCC(=O)CCCCCNC(=O)CCCN. The van der Waals surface area contributed by atoms with Crippen LogP contribution in [0.25, 0.3) is 0 Å². The second kappa shape index (κ2) is 10.6. The number of Topliss-reactive ketones (excluding diaryl/α,β-unsaturated/α-hetero) is 1. The zero-order chi connectivity index (χ0) is 12.2. The van der Waals surface area contributed by atoms with Crippen molar-refractivity contribution in [2.75, 3.05) is 13.1 Å². The van der Waals surface area contributed by atoms with E-state index >= 15 is 0 Å². The van der Waals surface area contributed by atoms with Crippen LogP contribution in [0, 0.1) is 0 Å². The molecule has 0 rings (SSSR count). The summed E-state index contributed by atoms with van der Waals surface area (Å²) in [5.74, 6) is 0.405. The summed E-state index contributed by atoms with van der Waals surface area (Å²) in [7, 11) is 0. The molecule has 0 aliphatic heterocycles. The number of amides is 1. The van der Waals surface area contributed by atoms with Gasteiger partial charge in [0.05, 0.1) is 0 Å². The highest BCUT2D eigenvalue weighted by Crippen LogP contribution is 2.01. The van der Waals surface area contributed by atoms with E-state index in [4.69, 9.17) is 5.73 Å². The summed E-state index contributed by atoms with van der Waals surface area (Å²) in [4.78, 5) is 22.2. The molecule has 94 valence electrons. The molecule has 0 spiro atoms. The summed E-state index contributed by atoms with van der Waals surface area (Å²) in [5, 5.41) is 2.84. The summed E-state index contributed by atoms with van der Waals surface area (Å²) in [6.45, 7) is 3.16. The van der Waals surface area contributed by atoms with Crippen LogP contribution in [0.3, 0.4) is 0 Å². The van der Waals surface area contributed by atoms with Crippen molar-refractivity contribution in [1.29, 1.82) is 0 Å². The third-order valence-corrected chi connectivity index (χ3v) is 2.46. The highest BCUT2D eigenvalue weighted by atomic mass is 16.1. The van der Waals surface area contributed by atoms with Crippen molar-refractivity contribution in [3.05, 3.63) is 0 Å². The molecule has 1 amide bonds. The minimum atomic E-state index is 0.0788. The number of ketones is 1. The van der Waals surface area contributed by atoms with Gasteiger partial charge >= 0.3 is 0 Å². The number of hydrogen-bond donors (Lipinski definition) is 2. The fraction of sp³-hybridized carbons (Fsp3) is 0.833. The van der Waals surface area contributed by atoms with Crippen molar-refractivity contribution in [2.45, 2.75) is 51.9 Å². The number of nitrogens with two attached hydrogens (primary N) is 1. The third kappa shape index (κ3) is 9.65. The molecule has 0 unspecified atom stereocenters. The van der Waals surface area contributed by atoms with E-state index in [9.17, 15) is 9.59 Å². The lowest BCUT2D eigenvalue weighted by molar-refractivity contribution is -0.121. The summed E-state index contributed by atoms with van der Waals surface area (Å²) < 4.78 is 0. The maximum Gasteiger partial charge on any atom is 0.220 e. The van der Waals surface area contributed by atoms with Gasteiger partial charge in [-0.1, -0.05) is 13.3 Å². The standard InChI is InChI=1S/C12H24N2O2/c1-2-11(15)7-4-3-5-10-14-12(16)8-6-9-13/h2-10,13H2,1H3,(H,14,16). The third-order valence-electron chi connectivity index (χ3n) is 2.46. The van der Waals surface area contributed by atoms with Gasteiger partial charge in [-0.2, -0.15) is 0 Å². The van der Waals surface area contributed by atoms with Crippen LogP contribution in [0.4, 0.5) is 0 Å². The van der Waals surface area contributed by atoms with Crippen LogP contribution in [-0.2, 0) is 9.59 Å². The topological polar surface area (TPSA) is 72.2 Å². The Bertz CT molecular complexity index is 205. The molecule has 0 radical (unpaired) electrons. The van der Waals surface area contributed by atoms with Crippen molar-refractivity contribution in [3.8, 4) is 0 Å². The van der Waals surface area contributed by atoms with E-state index in [1.165, 1.54) is 0 Å². The fourth-order valence-electron chi connectivity index (χ4n) is 1.38. The second-order valence-electron chi connectivity index (χ2n) is 3.95. The maximum atomic E-state index is 11.2. The molecule has 0 heterocycles. The van der Waals surface area contributed by atoms with E-state index in [1.807, 2.05) is 6.92 Å². The largest absolute Gasteiger partial charge is 0.356 e. The maximum absolute atomic E-state index is 11.2. The monoisotopic (exact) mass is 228 g/mol. The van der Waals surface area contributed by atoms with Crippen molar-refractivity contribution in [3.63, 3.8) is 0 Å². The number of unbranched alkanes of at least 4 members (excludes halogenated alkanes) is 2. The summed E-state index contributed by atoms with van der Waals surface area (Å²) >= 11 is 0. The molecule has 0 aromatic carbocycles. The van der Waals surface area contributed by atoms with E-state index in [2.05, 4.69) is 5.32 Å². The minimum absolute atomic E-state index is 0.0788. The first kappa shape index (κ1) is 15.1. The molecule has 0 aliphatic rings. The molecule has 0 saturated heterocycles. The molecule has 0 saturated carbocycles. The van der Waals surface area contributed by atoms with Gasteiger partial charge < -0.3 is 11.1 Å². The lowest BCUT2D eigenvalue weighted by Crippen LogP contribution is -2.24. The summed E-state index contributed by atoms with van der Waals surface area (Å²) in [5.41, 5.74) is 5.30. The first-order valence-electron chi connectivity index (χ1n) is 6.19. The zero-order valence-corrected chi connectivity index (χ0v) is 10.3. The van der Waals surface area contributed by atoms with Gasteiger partial charge in [0.15, 0.2) is 0 Å². The van der Waals surface area contributed by atoms with Crippen LogP contribution in [0.15, 0.2) is 0 Å². The Hall–Kier alpha value is -0.900. The van der Waals surface area contributed by atoms with Crippen molar-refractivity contribution in [1.82, 2.24) is 5.32 Å². The number of carbonyl (C=O) groups is 2. The minimum Gasteiger partial charge on any atom is -0.356 e. The van der Waals surface area contributed by atoms with Crippen LogP contribution < -0.4 is 11.1 Å². The van der Waals surface area contributed by atoms with Crippen molar-refractivity contribution >= 4 is 11.7 Å². The Kier molecular flexibility index (Phi) is 10.0. The molecule has 0 bridgehead atoms. The first-order chi connectivity index (χ1) is 7.70. The smallest absolute Gasteiger partial charge is 0.220 e. The Morgan fingerprint density at radius 3 is 2.44 bits per heavy atom. The molecule has 3 N–H and O–H groups in total. The average Bonchev–Trinajstić information content (AvgIpc) is 2.30. The quantitative estimate of drug-likeness (QED) is 0.555. The van der Waals surface area contributed by atoms with Crippen LogP contribution in [0.1, 0.15) is 51.9 Å². The normalized spacial score (nSPS) is 10.1. The van der Waals surface area contributed by atoms with Gasteiger partial charge in [0.1, 0.15) is 5.78 Å². The number of nitrogens with one attached hydrogen (secondary N) is 1. The Balaban J connectivity index is 3.20. The highest BCUT2D eigenvalue weighted by molar-refractivity contribution is 5.77. The van der Waals surface area contributed by atoms with Crippen LogP contribution in [0.5, 0.6) is 0 Å². The van der Waals surface area contributed by atoms with E-state index in [-0.39, 0.29) is 5.91 Å². The zero-order valence-electron chi connectivity index (χ0n) is 10.3. The van der Waals surface area contributed by atoms with E-state index < -0.39 is 0 Å². The Morgan fingerprint density at radius 1 is 1.06 bits per heavy atom. The lowest BCUT2D eigenvalue weighted by Gasteiger charge is -2.04. The lowest BCUT2D eigenvalue weighted by atomic mass is 10.1. The molecule has 0 aromatic rings. The van der Waals surface area contributed by atoms with Crippen molar-refractivity contribution < 1.29 is 9.59 Å². The first-order valence-corrected chi connectivity index (χ1v) is 6.19. The van der Waals surface area contributed by atoms with Gasteiger partial charge in [-0.05, 0) is 25.8 Å². The molecule has 0 aliphatic carbocycles. The number of hydrogen-bond acceptors (Lipinski definition) is 3. The molecular formula is C12H24N2O2. The molecular weight excluding hydrogens is 204 g/mol. The van der Waals surface area contributed by atoms with Gasteiger partial charge in [0.25, 0.3) is 0 Å². The van der Waals surface area contributed by atoms with Gasteiger partial charge in [0.2, 0.25) is 5.91 Å². The molecule has 0 atom stereocenters. The fourth-order valence-corrected chi connectivity index (χ4v) is 1.38. The Morgan fingerprint density at radius 2 is 1.81 bits per heavy atom. The van der Waals surface area contributed by atoms with Crippen LogP contribution in [-0.4, -0.2) is 24.8 Å². The molecule has 4 heteroatoms. The molecule has 4 nitrogen and oxygen atoms in total. The van der Waals surface area contributed by atoms with Gasteiger partial charge in [-0.15, -0.1) is 0 Å². The number of carbonyl (C=O) groups excluding carboxylic acids is 2. The van der Waals surface area contributed by atoms with Crippen molar-refractivity contribution in [2.24, 2.45) is 5.73 Å². The van der Waals surface area contributed by atoms with E-state index in [0.29, 0.717) is 38.1 Å². The van der Waals surface area contributed by atoms with Crippen LogP contribution >= 0.6 is 0 Å². The van der Waals surface area contributed by atoms with Gasteiger partial charge in [0, 0.05) is 25.8 Å². The van der Waals surface area contributed by atoms with Crippen LogP contribution in [0.2, 0.25) is 0 Å². The van der Waals surface area contributed by atoms with E-state index in [1.54, 1.807) is 0 Å². The summed E-state index contributed by atoms with van der Waals surface area (Å²) in [6, 6.07) is 0. The highest BCUT2D eigenvalue weighted by Gasteiger charge is 2.00. The molecule has 16 heavy (non-hydrogen) atoms. The molecule has 0 aromatic heterocycles. The predicted molar refractivity (Wildman–Crippen MR) is 65.1 cm³/mol. The second-order valence-corrected chi connectivity index (χ2v) is 3.95. The number of rotatable bonds is 10.